The van der Waals surface area contributed by atoms with Crippen LogP contribution < -0.4 is 10.1 Å². The number of hydrogen-bond donors (Lipinski definition) is 1. The summed E-state index contributed by atoms with van der Waals surface area (Å²) in [4.78, 5) is 0. The Morgan fingerprint density at radius 2 is 1.62 bits per heavy atom. The van der Waals surface area contributed by atoms with Crippen LogP contribution in [-0.2, 0) is 0 Å². The molecule has 112 valence electrons. The summed E-state index contributed by atoms with van der Waals surface area (Å²) in [5.74, 6) is 0.941. The lowest BCUT2D eigenvalue weighted by molar-refractivity contribution is 0.318. The van der Waals surface area contributed by atoms with Crippen LogP contribution in [0.2, 0.25) is 0 Å². The zero-order valence-electron chi connectivity index (χ0n) is 13.0. The van der Waals surface area contributed by atoms with Crippen molar-refractivity contribution in [2.75, 3.05) is 11.9 Å². The Hall–Kier alpha value is -1.96. The second-order valence-corrected chi connectivity index (χ2v) is 5.24. The van der Waals surface area contributed by atoms with Gasteiger partial charge in [-0.2, -0.15) is 0 Å². The van der Waals surface area contributed by atoms with E-state index in [-0.39, 0.29) is 0 Å². The van der Waals surface area contributed by atoms with Gasteiger partial charge in [0.2, 0.25) is 0 Å². The predicted molar refractivity (Wildman–Crippen MR) is 89.9 cm³/mol. The number of hydrogen-bond acceptors (Lipinski definition) is 2. The number of ether oxygens (including phenoxy) is 1. The highest BCUT2D eigenvalue weighted by Crippen LogP contribution is 2.30. The average molecular weight is 283 g/mol. The third kappa shape index (κ3) is 4.52. The SMILES string of the molecule is CCCOc1ccccc1NC(CCC)c1ccccc1. The highest BCUT2D eigenvalue weighted by Gasteiger charge is 2.12. The van der Waals surface area contributed by atoms with Gasteiger partial charge >= 0.3 is 0 Å². The third-order valence-electron chi connectivity index (χ3n) is 3.46. The average Bonchev–Trinajstić information content (AvgIpc) is 2.54. The fourth-order valence-corrected chi connectivity index (χ4v) is 2.41. The van der Waals surface area contributed by atoms with Gasteiger partial charge in [0.15, 0.2) is 0 Å². The Bertz CT molecular complexity index is 524. The van der Waals surface area contributed by atoms with E-state index in [1.807, 2.05) is 12.1 Å². The van der Waals surface area contributed by atoms with Crippen LogP contribution in [0.3, 0.4) is 0 Å². The molecule has 0 aromatic heterocycles. The number of nitrogens with one attached hydrogen (secondary N) is 1. The Labute approximate surface area is 128 Å². The van der Waals surface area contributed by atoms with Crippen LogP contribution in [0.25, 0.3) is 0 Å². The summed E-state index contributed by atoms with van der Waals surface area (Å²) in [6.45, 7) is 5.10. The maximum atomic E-state index is 5.84. The molecule has 2 rings (SSSR count). The van der Waals surface area contributed by atoms with Crippen molar-refractivity contribution >= 4 is 5.69 Å². The molecule has 0 heterocycles. The van der Waals surface area contributed by atoms with Crippen molar-refractivity contribution in [2.45, 2.75) is 39.2 Å². The lowest BCUT2D eigenvalue weighted by Gasteiger charge is -2.22. The zero-order valence-corrected chi connectivity index (χ0v) is 13.0. The number of rotatable bonds is 8. The standard InChI is InChI=1S/C19H25NO/c1-3-10-17(16-11-6-5-7-12-16)20-18-13-8-9-14-19(18)21-15-4-2/h5-9,11-14,17,20H,3-4,10,15H2,1-2H3. The van der Waals surface area contributed by atoms with E-state index in [2.05, 4.69) is 61.6 Å². The highest BCUT2D eigenvalue weighted by molar-refractivity contribution is 5.57. The van der Waals surface area contributed by atoms with E-state index >= 15 is 0 Å². The van der Waals surface area contributed by atoms with E-state index in [4.69, 9.17) is 4.74 Å². The smallest absolute Gasteiger partial charge is 0.142 e. The fourth-order valence-electron chi connectivity index (χ4n) is 2.41. The van der Waals surface area contributed by atoms with Crippen LogP contribution in [-0.4, -0.2) is 6.61 Å². The minimum absolute atomic E-state index is 0.322. The monoisotopic (exact) mass is 283 g/mol. The first-order chi connectivity index (χ1) is 10.3. The molecule has 2 aromatic carbocycles. The molecule has 0 aliphatic rings. The zero-order chi connectivity index (χ0) is 14.9. The summed E-state index contributed by atoms with van der Waals surface area (Å²) in [6, 6.07) is 19.1. The van der Waals surface area contributed by atoms with Gasteiger partial charge in [-0.1, -0.05) is 62.7 Å². The first-order valence-corrected chi connectivity index (χ1v) is 7.88. The van der Waals surface area contributed by atoms with Gasteiger partial charge in [0.1, 0.15) is 5.75 Å². The predicted octanol–water partition coefficient (Wildman–Crippen LogP) is 5.43. The van der Waals surface area contributed by atoms with Crippen LogP contribution in [0.4, 0.5) is 5.69 Å². The molecule has 0 spiro atoms. The second kappa shape index (κ2) is 8.35. The molecule has 0 aliphatic heterocycles. The molecule has 0 aliphatic carbocycles. The van der Waals surface area contributed by atoms with E-state index in [9.17, 15) is 0 Å². The molecule has 0 amide bonds. The number of benzene rings is 2. The van der Waals surface area contributed by atoms with Crippen molar-refractivity contribution in [3.8, 4) is 5.75 Å². The second-order valence-electron chi connectivity index (χ2n) is 5.24. The maximum Gasteiger partial charge on any atom is 0.142 e. The van der Waals surface area contributed by atoms with Gasteiger partial charge < -0.3 is 10.1 Å². The summed E-state index contributed by atoms with van der Waals surface area (Å²) in [5, 5.41) is 3.65. The summed E-state index contributed by atoms with van der Waals surface area (Å²) in [6.07, 6.45) is 3.27. The quantitative estimate of drug-likeness (QED) is 0.697. The third-order valence-corrected chi connectivity index (χ3v) is 3.46. The van der Waals surface area contributed by atoms with Gasteiger partial charge in [-0.3, -0.25) is 0 Å². The van der Waals surface area contributed by atoms with Crippen molar-refractivity contribution in [3.05, 3.63) is 60.2 Å². The van der Waals surface area contributed by atoms with Crippen molar-refractivity contribution < 1.29 is 4.74 Å². The summed E-state index contributed by atoms with van der Waals surface area (Å²) >= 11 is 0. The molecule has 2 aromatic rings. The Kier molecular flexibility index (Phi) is 6.14. The normalized spacial score (nSPS) is 11.9. The van der Waals surface area contributed by atoms with Crippen LogP contribution >= 0.6 is 0 Å². The molecule has 0 bridgehead atoms. The van der Waals surface area contributed by atoms with Crippen molar-refractivity contribution in [2.24, 2.45) is 0 Å². The van der Waals surface area contributed by atoms with Crippen LogP contribution in [0.5, 0.6) is 5.75 Å². The Morgan fingerprint density at radius 1 is 0.905 bits per heavy atom. The van der Waals surface area contributed by atoms with Crippen LogP contribution in [0.15, 0.2) is 54.6 Å². The van der Waals surface area contributed by atoms with Gasteiger partial charge in [0.05, 0.1) is 18.3 Å². The molecule has 1 atom stereocenters. The Morgan fingerprint density at radius 3 is 2.33 bits per heavy atom. The molecule has 21 heavy (non-hydrogen) atoms. The van der Waals surface area contributed by atoms with Crippen molar-refractivity contribution in [1.29, 1.82) is 0 Å². The van der Waals surface area contributed by atoms with Gasteiger partial charge in [0.25, 0.3) is 0 Å². The first-order valence-electron chi connectivity index (χ1n) is 7.88. The summed E-state index contributed by atoms with van der Waals surface area (Å²) in [7, 11) is 0. The van der Waals surface area contributed by atoms with Gasteiger partial charge in [-0.05, 0) is 30.5 Å². The van der Waals surface area contributed by atoms with Crippen LogP contribution in [0.1, 0.15) is 44.7 Å². The highest BCUT2D eigenvalue weighted by atomic mass is 16.5. The lowest BCUT2D eigenvalue weighted by atomic mass is 10.0. The van der Waals surface area contributed by atoms with E-state index in [1.54, 1.807) is 0 Å². The summed E-state index contributed by atoms with van der Waals surface area (Å²) in [5.41, 5.74) is 2.40. The van der Waals surface area contributed by atoms with Crippen LogP contribution in [0, 0.1) is 0 Å². The minimum atomic E-state index is 0.322. The van der Waals surface area contributed by atoms with Gasteiger partial charge in [0, 0.05) is 0 Å². The molecule has 0 saturated heterocycles. The Balaban J connectivity index is 2.17. The number of anilines is 1. The molecule has 0 radical (unpaired) electrons. The largest absolute Gasteiger partial charge is 0.491 e. The lowest BCUT2D eigenvalue weighted by Crippen LogP contribution is -2.11. The van der Waals surface area contributed by atoms with Crippen molar-refractivity contribution in [3.63, 3.8) is 0 Å². The fraction of sp³-hybridized carbons (Fsp3) is 0.368. The molecule has 2 heteroatoms. The molecule has 0 fully saturated rings. The van der Waals surface area contributed by atoms with Crippen molar-refractivity contribution in [1.82, 2.24) is 0 Å². The molecule has 1 N–H and O–H groups in total. The summed E-state index contributed by atoms with van der Waals surface area (Å²) < 4.78 is 5.84. The molecular weight excluding hydrogens is 258 g/mol. The molecular formula is C19H25NO. The first kappa shape index (κ1) is 15.4. The maximum absolute atomic E-state index is 5.84. The van der Waals surface area contributed by atoms with E-state index in [0.29, 0.717) is 6.04 Å². The van der Waals surface area contributed by atoms with E-state index < -0.39 is 0 Å². The molecule has 1 unspecified atom stereocenters. The minimum Gasteiger partial charge on any atom is -0.491 e. The van der Waals surface area contributed by atoms with Gasteiger partial charge in [-0.25, -0.2) is 0 Å². The molecule has 0 saturated carbocycles. The van der Waals surface area contributed by atoms with Gasteiger partial charge in [-0.15, -0.1) is 0 Å². The topological polar surface area (TPSA) is 21.3 Å². The molecule has 2 nitrogen and oxygen atoms in total. The van der Waals surface area contributed by atoms with E-state index in [0.717, 1.165) is 37.3 Å². The van der Waals surface area contributed by atoms with E-state index in [1.165, 1.54) is 5.56 Å². The number of para-hydroxylation sites is 2.